The maximum Gasteiger partial charge on any atom is 0.227 e. The first-order valence-corrected chi connectivity index (χ1v) is 8.89. The lowest BCUT2D eigenvalue weighted by Crippen LogP contribution is -2.46. The fourth-order valence-corrected chi connectivity index (χ4v) is 3.37. The van der Waals surface area contributed by atoms with Gasteiger partial charge in [0.05, 0.1) is 0 Å². The van der Waals surface area contributed by atoms with Gasteiger partial charge in [0.25, 0.3) is 0 Å². The minimum atomic E-state index is 0.434. The van der Waals surface area contributed by atoms with Crippen LogP contribution >= 0.6 is 0 Å². The van der Waals surface area contributed by atoms with Gasteiger partial charge < -0.3 is 9.80 Å². The number of pyridine rings is 1. The molecule has 1 unspecified atom stereocenters. The van der Waals surface area contributed by atoms with E-state index in [0.717, 1.165) is 31.4 Å². The third kappa shape index (κ3) is 4.45. The van der Waals surface area contributed by atoms with E-state index in [1.165, 1.54) is 24.0 Å². The van der Waals surface area contributed by atoms with Crippen molar-refractivity contribution in [3.8, 4) is 0 Å². The van der Waals surface area contributed by atoms with E-state index in [1.54, 1.807) is 0 Å². The lowest BCUT2D eigenvalue weighted by molar-refractivity contribution is 0.198. The van der Waals surface area contributed by atoms with Gasteiger partial charge in [-0.2, -0.15) is 4.98 Å². The molecule has 1 atom stereocenters. The molecule has 2 aromatic heterocycles. The van der Waals surface area contributed by atoms with Crippen LogP contribution in [0, 0.1) is 6.92 Å². The molecule has 1 fully saturated rings. The average Bonchev–Trinajstić information content (AvgIpc) is 2.61. The van der Waals surface area contributed by atoms with E-state index in [-0.39, 0.29) is 0 Å². The van der Waals surface area contributed by atoms with Gasteiger partial charge >= 0.3 is 0 Å². The molecule has 0 N–H and O–H groups in total. The summed E-state index contributed by atoms with van der Waals surface area (Å²) >= 11 is 0. The summed E-state index contributed by atoms with van der Waals surface area (Å²) in [6, 6.07) is 4.60. The van der Waals surface area contributed by atoms with Crippen LogP contribution in [0.25, 0.3) is 0 Å². The van der Waals surface area contributed by atoms with Gasteiger partial charge in [-0.25, -0.2) is 4.98 Å². The summed E-state index contributed by atoms with van der Waals surface area (Å²) in [7, 11) is 6.12. The predicted molar refractivity (Wildman–Crippen MR) is 102 cm³/mol. The Hall–Kier alpha value is -2.21. The Morgan fingerprint density at radius 3 is 2.84 bits per heavy atom. The summed E-state index contributed by atoms with van der Waals surface area (Å²) < 4.78 is 0. The van der Waals surface area contributed by atoms with E-state index in [1.807, 2.05) is 43.7 Å². The van der Waals surface area contributed by atoms with Gasteiger partial charge in [0.1, 0.15) is 5.82 Å². The van der Waals surface area contributed by atoms with E-state index in [4.69, 9.17) is 0 Å². The minimum absolute atomic E-state index is 0.434. The quantitative estimate of drug-likeness (QED) is 0.833. The molecule has 0 aliphatic carbocycles. The molecule has 0 amide bonds. The molecule has 6 heteroatoms. The first kappa shape index (κ1) is 17.6. The molecule has 1 saturated heterocycles. The monoisotopic (exact) mass is 340 g/mol. The highest BCUT2D eigenvalue weighted by Crippen LogP contribution is 2.21. The fourth-order valence-electron chi connectivity index (χ4n) is 3.37. The van der Waals surface area contributed by atoms with Crippen LogP contribution < -0.4 is 9.80 Å². The number of aryl methyl sites for hydroxylation is 1. The van der Waals surface area contributed by atoms with Gasteiger partial charge in [-0.1, -0.05) is 6.07 Å². The normalized spacial score (nSPS) is 18.2. The summed E-state index contributed by atoms with van der Waals surface area (Å²) in [6.07, 6.45) is 8.10. The molecule has 1 aliphatic rings. The smallest absolute Gasteiger partial charge is 0.227 e. The molecule has 0 radical (unpaired) electrons. The molecule has 134 valence electrons. The Bertz CT molecular complexity index is 702. The van der Waals surface area contributed by atoms with E-state index in [9.17, 15) is 0 Å². The van der Waals surface area contributed by atoms with Gasteiger partial charge in [-0.3, -0.25) is 9.88 Å². The molecular formula is C19H28N6. The van der Waals surface area contributed by atoms with Crippen LogP contribution in [-0.2, 0) is 6.54 Å². The predicted octanol–water partition coefficient (Wildman–Crippen LogP) is 2.35. The van der Waals surface area contributed by atoms with Crippen LogP contribution in [0.5, 0.6) is 0 Å². The van der Waals surface area contributed by atoms with Gasteiger partial charge in [-0.15, -0.1) is 0 Å². The third-order valence-electron chi connectivity index (χ3n) is 4.77. The zero-order valence-corrected chi connectivity index (χ0v) is 15.7. The summed E-state index contributed by atoms with van der Waals surface area (Å²) in [5.74, 6) is 1.74. The van der Waals surface area contributed by atoms with Gasteiger partial charge in [0.2, 0.25) is 5.95 Å². The van der Waals surface area contributed by atoms with Crippen LogP contribution in [0.1, 0.15) is 24.0 Å². The number of nitrogens with zero attached hydrogens (tertiary/aromatic N) is 6. The highest BCUT2D eigenvalue weighted by molar-refractivity contribution is 5.42. The number of piperidine rings is 1. The number of aromatic nitrogens is 3. The molecule has 0 aromatic carbocycles. The Morgan fingerprint density at radius 1 is 1.24 bits per heavy atom. The van der Waals surface area contributed by atoms with E-state index in [2.05, 4.69) is 44.8 Å². The molecule has 3 rings (SSSR count). The second kappa shape index (κ2) is 7.78. The lowest BCUT2D eigenvalue weighted by atomic mass is 10.0. The molecule has 3 heterocycles. The number of likely N-dealkylation sites (N-methyl/N-ethyl adjacent to an activating group) is 1. The average molecular weight is 340 g/mol. The Labute approximate surface area is 150 Å². The standard InChI is InChI=1S/C19H28N6/c1-15-10-16(12-20-11-15)13-25-9-5-6-17(14-25)24(4)19-21-8-7-18(22-19)23(2)3/h7-8,10-12,17H,5-6,9,13-14H2,1-4H3. The Morgan fingerprint density at radius 2 is 2.08 bits per heavy atom. The second-order valence-corrected chi connectivity index (χ2v) is 7.12. The number of rotatable bonds is 5. The van der Waals surface area contributed by atoms with Gasteiger partial charge in [-0.05, 0) is 43.5 Å². The first-order chi connectivity index (χ1) is 12.0. The van der Waals surface area contributed by atoms with Crippen molar-refractivity contribution in [3.63, 3.8) is 0 Å². The van der Waals surface area contributed by atoms with Crippen molar-refractivity contribution in [3.05, 3.63) is 41.9 Å². The summed E-state index contributed by atoms with van der Waals surface area (Å²) in [4.78, 5) is 20.2. The number of hydrogen-bond donors (Lipinski definition) is 0. The van der Waals surface area contributed by atoms with Crippen molar-refractivity contribution < 1.29 is 0 Å². The summed E-state index contributed by atoms with van der Waals surface area (Å²) in [5.41, 5.74) is 2.51. The summed E-state index contributed by atoms with van der Waals surface area (Å²) in [5, 5.41) is 0. The highest BCUT2D eigenvalue weighted by Gasteiger charge is 2.25. The first-order valence-electron chi connectivity index (χ1n) is 8.89. The van der Waals surface area contributed by atoms with Crippen molar-refractivity contribution in [2.24, 2.45) is 0 Å². The molecule has 0 saturated carbocycles. The zero-order valence-electron chi connectivity index (χ0n) is 15.7. The highest BCUT2D eigenvalue weighted by atomic mass is 15.3. The minimum Gasteiger partial charge on any atom is -0.363 e. The van der Waals surface area contributed by atoms with Gasteiger partial charge in [0.15, 0.2) is 0 Å². The summed E-state index contributed by atoms with van der Waals surface area (Å²) in [6.45, 7) is 5.22. The largest absolute Gasteiger partial charge is 0.363 e. The van der Waals surface area contributed by atoms with Crippen molar-refractivity contribution in [1.82, 2.24) is 19.9 Å². The molecule has 25 heavy (non-hydrogen) atoms. The van der Waals surface area contributed by atoms with Crippen molar-refractivity contribution in [2.45, 2.75) is 32.4 Å². The molecule has 0 bridgehead atoms. The van der Waals surface area contributed by atoms with Crippen LogP contribution in [0.3, 0.4) is 0 Å². The van der Waals surface area contributed by atoms with E-state index < -0.39 is 0 Å². The van der Waals surface area contributed by atoms with Crippen LogP contribution in [-0.4, -0.2) is 60.1 Å². The molecule has 1 aliphatic heterocycles. The Balaban J connectivity index is 1.67. The maximum atomic E-state index is 4.68. The lowest BCUT2D eigenvalue weighted by Gasteiger charge is -2.37. The molecule has 6 nitrogen and oxygen atoms in total. The van der Waals surface area contributed by atoms with Gasteiger partial charge in [0, 0.05) is 58.9 Å². The van der Waals surface area contributed by atoms with Crippen molar-refractivity contribution >= 4 is 11.8 Å². The number of anilines is 2. The van der Waals surface area contributed by atoms with Crippen LogP contribution in [0.4, 0.5) is 11.8 Å². The van der Waals surface area contributed by atoms with E-state index in [0.29, 0.717) is 6.04 Å². The van der Waals surface area contributed by atoms with Crippen molar-refractivity contribution in [2.75, 3.05) is 44.0 Å². The number of hydrogen-bond acceptors (Lipinski definition) is 6. The fraction of sp³-hybridized carbons (Fsp3) is 0.526. The second-order valence-electron chi connectivity index (χ2n) is 7.12. The molecule has 0 spiro atoms. The Kier molecular flexibility index (Phi) is 5.48. The number of likely N-dealkylation sites (tertiary alicyclic amines) is 1. The van der Waals surface area contributed by atoms with Crippen LogP contribution in [0.15, 0.2) is 30.7 Å². The van der Waals surface area contributed by atoms with E-state index >= 15 is 0 Å². The maximum absolute atomic E-state index is 4.68. The SMILES string of the molecule is Cc1cncc(CN2CCCC(N(C)c3nccc(N(C)C)n3)C2)c1. The zero-order chi connectivity index (χ0) is 17.8. The van der Waals surface area contributed by atoms with Crippen LogP contribution in [0.2, 0.25) is 0 Å². The van der Waals surface area contributed by atoms with Crippen molar-refractivity contribution in [1.29, 1.82) is 0 Å². The molecular weight excluding hydrogens is 312 g/mol. The third-order valence-corrected chi connectivity index (χ3v) is 4.77. The molecule has 2 aromatic rings. The topological polar surface area (TPSA) is 48.4 Å².